The summed E-state index contributed by atoms with van der Waals surface area (Å²) < 4.78 is 26.2. The molecule has 1 aromatic heterocycles. The minimum atomic E-state index is -3.90. The third kappa shape index (κ3) is 3.83. The molecule has 0 aliphatic rings. The zero-order chi connectivity index (χ0) is 15.5. The molecule has 112 valence electrons. The van der Waals surface area contributed by atoms with E-state index in [0.717, 1.165) is 0 Å². The highest BCUT2D eigenvalue weighted by Crippen LogP contribution is 2.13. The predicted molar refractivity (Wildman–Crippen MR) is 74.3 cm³/mol. The van der Waals surface area contributed by atoms with Gasteiger partial charge in [0.15, 0.2) is 0 Å². The van der Waals surface area contributed by atoms with Gasteiger partial charge in [-0.25, -0.2) is 8.42 Å². The second-order valence-corrected chi connectivity index (χ2v) is 6.14. The van der Waals surface area contributed by atoms with Crippen molar-refractivity contribution in [2.75, 3.05) is 0 Å². The number of aromatic nitrogens is 1. The Morgan fingerprint density at radius 3 is 2.43 bits per heavy atom. The first-order valence-electron chi connectivity index (χ1n) is 6.04. The van der Waals surface area contributed by atoms with Crippen molar-refractivity contribution in [3.05, 3.63) is 48.3 Å². The number of hydrogen-bond acceptors (Lipinski definition) is 4. The molecule has 2 aromatic rings. The van der Waals surface area contributed by atoms with E-state index in [-0.39, 0.29) is 17.1 Å². The smallest absolute Gasteiger partial charge is 0.322 e. The highest BCUT2D eigenvalue weighted by molar-refractivity contribution is 7.89. The third-order valence-corrected chi connectivity index (χ3v) is 4.32. The van der Waals surface area contributed by atoms with Gasteiger partial charge in [-0.1, -0.05) is 12.1 Å². The molecule has 8 heteroatoms. The molecule has 1 aromatic carbocycles. The van der Waals surface area contributed by atoms with Crippen molar-refractivity contribution in [1.29, 1.82) is 0 Å². The van der Waals surface area contributed by atoms with E-state index in [1.54, 1.807) is 0 Å². The first-order valence-corrected chi connectivity index (χ1v) is 7.52. The van der Waals surface area contributed by atoms with E-state index in [1.165, 1.54) is 42.7 Å². The predicted octanol–water partition coefficient (Wildman–Crippen LogP) is 0.695. The Morgan fingerprint density at radius 1 is 1.24 bits per heavy atom. The molecule has 0 radical (unpaired) electrons. The molecule has 0 saturated carbocycles. The van der Waals surface area contributed by atoms with E-state index in [4.69, 9.17) is 5.11 Å². The van der Waals surface area contributed by atoms with Crippen LogP contribution in [0.25, 0.3) is 0 Å². The average Bonchev–Trinajstić information content (AvgIpc) is 2.95. The van der Waals surface area contributed by atoms with Crippen LogP contribution in [0.2, 0.25) is 0 Å². The Labute approximate surface area is 121 Å². The fourth-order valence-corrected chi connectivity index (χ4v) is 2.94. The van der Waals surface area contributed by atoms with Gasteiger partial charge < -0.3 is 15.2 Å². The topological polar surface area (TPSA) is 119 Å². The Balaban J connectivity index is 2.17. The summed E-state index contributed by atoms with van der Waals surface area (Å²) in [5.41, 5.74) is 0.594. The van der Waals surface area contributed by atoms with Gasteiger partial charge >= 0.3 is 5.97 Å². The number of phenolic OH excluding ortho intramolecular Hbond substituents is 1. The number of carboxylic acid groups (broad SMARTS) is 1. The van der Waals surface area contributed by atoms with E-state index < -0.39 is 22.0 Å². The summed E-state index contributed by atoms with van der Waals surface area (Å²) in [5, 5.41) is 18.3. The summed E-state index contributed by atoms with van der Waals surface area (Å²) in [6.07, 6.45) is 2.67. The third-order valence-electron chi connectivity index (χ3n) is 2.85. The lowest BCUT2D eigenvalue weighted by Crippen LogP contribution is -2.42. The van der Waals surface area contributed by atoms with Gasteiger partial charge in [0.2, 0.25) is 10.0 Å². The standard InChI is InChI=1S/C13H14N2O5S/c16-10-3-1-9(2-4-10)7-12(13(17)18)15-21(19,20)11-5-6-14-8-11/h1-6,8,12,14-16H,7H2,(H,17,18). The van der Waals surface area contributed by atoms with E-state index >= 15 is 0 Å². The van der Waals surface area contributed by atoms with Crippen molar-refractivity contribution in [1.82, 2.24) is 9.71 Å². The van der Waals surface area contributed by atoms with Crippen LogP contribution in [-0.2, 0) is 21.2 Å². The van der Waals surface area contributed by atoms with Crippen molar-refractivity contribution < 1.29 is 23.4 Å². The fraction of sp³-hybridized carbons (Fsp3) is 0.154. The normalized spacial score (nSPS) is 13.0. The quantitative estimate of drug-likeness (QED) is 0.626. The summed E-state index contributed by atoms with van der Waals surface area (Å²) in [7, 11) is -3.90. The van der Waals surface area contributed by atoms with Crippen LogP contribution < -0.4 is 4.72 Å². The summed E-state index contributed by atoms with van der Waals surface area (Å²) >= 11 is 0. The monoisotopic (exact) mass is 310 g/mol. The number of sulfonamides is 1. The maximum absolute atomic E-state index is 12.0. The highest BCUT2D eigenvalue weighted by Gasteiger charge is 2.25. The van der Waals surface area contributed by atoms with E-state index in [0.29, 0.717) is 5.56 Å². The van der Waals surface area contributed by atoms with Crippen LogP contribution in [0.3, 0.4) is 0 Å². The number of aliphatic carboxylic acids is 1. The Bertz CT molecular complexity index is 708. The first kappa shape index (κ1) is 15.1. The largest absolute Gasteiger partial charge is 0.508 e. The van der Waals surface area contributed by atoms with Gasteiger partial charge in [0.05, 0.1) is 4.90 Å². The van der Waals surface area contributed by atoms with Crippen LogP contribution in [0.5, 0.6) is 5.75 Å². The number of carboxylic acids is 1. The lowest BCUT2D eigenvalue weighted by atomic mass is 10.1. The number of benzene rings is 1. The average molecular weight is 310 g/mol. The van der Waals surface area contributed by atoms with Gasteiger partial charge in [-0.3, -0.25) is 4.79 Å². The van der Waals surface area contributed by atoms with Gasteiger partial charge in [0.25, 0.3) is 0 Å². The van der Waals surface area contributed by atoms with Crippen LogP contribution in [0.4, 0.5) is 0 Å². The zero-order valence-corrected chi connectivity index (χ0v) is 11.7. The number of phenols is 1. The molecule has 1 heterocycles. The van der Waals surface area contributed by atoms with Crippen LogP contribution in [0, 0.1) is 0 Å². The molecule has 7 nitrogen and oxygen atoms in total. The molecule has 21 heavy (non-hydrogen) atoms. The second-order valence-electron chi connectivity index (χ2n) is 4.43. The van der Waals surface area contributed by atoms with Gasteiger partial charge in [0.1, 0.15) is 11.8 Å². The van der Waals surface area contributed by atoms with Crippen molar-refractivity contribution in [3.8, 4) is 5.75 Å². The molecular weight excluding hydrogens is 296 g/mol. The van der Waals surface area contributed by atoms with E-state index in [9.17, 15) is 18.3 Å². The van der Waals surface area contributed by atoms with Crippen molar-refractivity contribution in [2.24, 2.45) is 0 Å². The van der Waals surface area contributed by atoms with Gasteiger partial charge in [-0.2, -0.15) is 4.72 Å². The first-order chi connectivity index (χ1) is 9.88. The number of H-pyrrole nitrogens is 1. The molecule has 0 fully saturated rings. The second kappa shape index (κ2) is 5.98. The number of aromatic hydroxyl groups is 1. The van der Waals surface area contributed by atoms with Crippen molar-refractivity contribution in [2.45, 2.75) is 17.4 Å². The number of nitrogens with one attached hydrogen (secondary N) is 2. The molecule has 0 amide bonds. The molecule has 0 saturated heterocycles. The van der Waals surface area contributed by atoms with Crippen LogP contribution in [0.1, 0.15) is 5.56 Å². The fourth-order valence-electron chi connectivity index (χ4n) is 1.78. The Morgan fingerprint density at radius 2 is 1.90 bits per heavy atom. The summed E-state index contributed by atoms with van der Waals surface area (Å²) in [6.45, 7) is 0. The summed E-state index contributed by atoms with van der Waals surface area (Å²) in [5.74, 6) is -1.22. The number of hydrogen-bond donors (Lipinski definition) is 4. The SMILES string of the molecule is O=C(O)C(Cc1ccc(O)cc1)NS(=O)(=O)c1cc[nH]c1. The Kier molecular flexibility index (Phi) is 4.29. The highest BCUT2D eigenvalue weighted by atomic mass is 32.2. The van der Waals surface area contributed by atoms with E-state index in [2.05, 4.69) is 9.71 Å². The molecule has 2 rings (SSSR count). The molecule has 1 atom stereocenters. The minimum Gasteiger partial charge on any atom is -0.508 e. The summed E-state index contributed by atoms with van der Waals surface area (Å²) in [6, 6.07) is 5.94. The lowest BCUT2D eigenvalue weighted by Gasteiger charge is -2.14. The van der Waals surface area contributed by atoms with Crippen LogP contribution >= 0.6 is 0 Å². The molecule has 4 N–H and O–H groups in total. The number of carbonyl (C=O) groups is 1. The minimum absolute atomic E-state index is 0.0283. The molecular formula is C13H14N2O5S. The maximum Gasteiger partial charge on any atom is 0.322 e. The van der Waals surface area contributed by atoms with Crippen LogP contribution in [-0.4, -0.2) is 35.6 Å². The maximum atomic E-state index is 12.0. The van der Waals surface area contributed by atoms with Crippen molar-refractivity contribution >= 4 is 16.0 Å². The van der Waals surface area contributed by atoms with Gasteiger partial charge in [-0.15, -0.1) is 0 Å². The lowest BCUT2D eigenvalue weighted by molar-refractivity contribution is -0.138. The number of rotatable bonds is 6. The van der Waals surface area contributed by atoms with Gasteiger partial charge in [0, 0.05) is 12.4 Å². The number of aromatic amines is 1. The van der Waals surface area contributed by atoms with E-state index in [1.807, 2.05) is 0 Å². The van der Waals surface area contributed by atoms with Crippen LogP contribution in [0.15, 0.2) is 47.6 Å². The molecule has 1 unspecified atom stereocenters. The molecule has 0 aliphatic heterocycles. The molecule has 0 aliphatic carbocycles. The van der Waals surface area contributed by atoms with Crippen molar-refractivity contribution in [3.63, 3.8) is 0 Å². The molecule has 0 spiro atoms. The zero-order valence-electron chi connectivity index (χ0n) is 10.9. The Hall–Kier alpha value is -2.32. The van der Waals surface area contributed by atoms with Gasteiger partial charge in [-0.05, 0) is 30.2 Å². The summed E-state index contributed by atoms with van der Waals surface area (Å²) in [4.78, 5) is 13.8. The molecule has 0 bridgehead atoms.